The predicted molar refractivity (Wildman–Crippen MR) is 63.4 cm³/mol. The quantitative estimate of drug-likeness (QED) is 0.298. The molecule has 7 heteroatoms. The summed E-state index contributed by atoms with van der Waals surface area (Å²) < 4.78 is 1.07. The van der Waals surface area contributed by atoms with Crippen LogP contribution >= 0.6 is 33.9 Å². The molecule has 0 saturated carbocycles. The second-order valence-electron chi connectivity index (χ2n) is 2.35. The Morgan fingerprint density at radius 1 is 1.79 bits per heavy atom. The number of rotatable bonds is 4. The molecule has 1 amide bonds. The molecule has 0 aromatic carbocycles. The number of thiophene rings is 1. The molecular formula is C7H7IN4OS. The normalized spacial score (nSPS) is 9.21. The van der Waals surface area contributed by atoms with Gasteiger partial charge in [0.1, 0.15) is 0 Å². The molecule has 0 saturated heterocycles. The largest absolute Gasteiger partial charge is 0.352 e. The fraction of sp³-hybridized carbons (Fsp3) is 0.286. The molecule has 0 bridgehead atoms. The van der Waals surface area contributed by atoms with E-state index in [0.717, 1.165) is 2.88 Å². The summed E-state index contributed by atoms with van der Waals surface area (Å²) >= 11 is 3.68. The van der Waals surface area contributed by atoms with Gasteiger partial charge in [-0.2, -0.15) is 0 Å². The number of hydrogen-bond acceptors (Lipinski definition) is 3. The maximum atomic E-state index is 11.4. The Morgan fingerprint density at radius 3 is 3.14 bits per heavy atom. The van der Waals surface area contributed by atoms with Gasteiger partial charge in [-0.1, -0.05) is 5.11 Å². The highest BCUT2D eigenvalue weighted by Crippen LogP contribution is 2.16. The van der Waals surface area contributed by atoms with Gasteiger partial charge in [0, 0.05) is 23.4 Å². The maximum Gasteiger partial charge on any atom is 0.252 e. The van der Waals surface area contributed by atoms with Gasteiger partial charge in [-0.3, -0.25) is 4.79 Å². The van der Waals surface area contributed by atoms with E-state index in [1.807, 2.05) is 6.07 Å². The van der Waals surface area contributed by atoms with Crippen LogP contribution in [0, 0.1) is 2.88 Å². The van der Waals surface area contributed by atoms with Gasteiger partial charge in [-0.15, -0.1) is 11.3 Å². The topological polar surface area (TPSA) is 77.9 Å². The summed E-state index contributed by atoms with van der Waals surface area (Å²) in [7, 11) is 0. The molecule has 0 fully saturated rings. The minimum absolute atomic E-state index is 0.127. The lowest BCUT2D eigenvalue weighted by Gasteiger charge is -1.99. The van der Waals surface area contributed by atoms with Crippen molar-refractivity contribution in [3.05, 3.63) is 30.3 Å². The zero-order valence-electron chi connectivity index (χ0n) is 7.11. The van der Waals surface area contributed by atoms with Gasteiger partial charge in [0.2, 0.25) is 0 Å². The highest BCUT2D eigenvalue weighted by molar-refractivity contribution is 14.1. The van der Waals surface area contributed by atoms with Crippen LogP contribution in [0.2, 0.25) is 0 Å². The standard InChI is InChI=1S/C7H7IN4OS/c8-6-3-5(4-14-6)7(13)10-1-2-11-12-9/h3-4H,1-2H2,(H,10,13). The van der Waals surface area contributed by atoms with Crippen LogP contribution in [0.1, 0.15) is 10.4 Å². The highest BCUT2D eigenvalue weighted by Gasteiger charge is 2.05. The van der Waals surface area contributed by atoms with Crippen LogP contribution in [0.4, 0.5) is 0 Å². The molecule has 74 valence electrons. The predicted octanol–water partition coefficient (Wildman–Crippen LogP) is 2.39. The SMILES string of the molecule is [N-]=[N+]=NCCNC(=O)c1csc(I)c1. The van der Waals surface area contributed by atoms with Gasteiger partial charge in [0.25, 0.3) is 5.91 Å². The summed E-state index contributed by atoms with van der Waals surface area (Å²) in [4.78, 5) is 14.0. The van der Waals surface area contributed by atoms with Crippen LogP contribution in [0.25, 0.3) is 10.4 Å². The average molecular weight is 322 g/mol. The number of carbonyl (C=O) groups is 1. The van der Waals surface area contributed by atoms with Crippen LogP contribution in [0.3, 0.4) is 0 Å². The number of carbonyl (C=O) groups excluding carboxylic acids is 1. The molecule has 5 nitrogen and oxygen atoms in total. The van der Waals surface area contributed by atoms with E-state index in [2.05, 4.69) is 37.9 Å². The smallest absolute Gasteiger partial charge is 0.252 e. The Kier molecular flexibility index (Phi) is 4.71. The first kappa shape index (κ1) is 11.3. The molecule has 0 atom stereocenters. The third-order valence-electron chi connectivity index (χ3n) is 1.39. The summed E-state index contributed by atoms with van der Waals surface area (Å²) in [5.41, 5.74) is 8.65. The van der Waals surface area contributed by atoms with Crippen molar-refractivity contribution in [2.24, 2.45) is 5.11 Å². The fourth-order valence-corrected chi connectivity index (χ4v) is 2.12. The first-order valence-corrected chi connectivity index (χ1v) is 5.73. The third-order valence-corrected chi connectivity index (χ3v) is 3.18. The number of nitrogens with one attached hydrogen (secondary N) is 1. The lowest BCUT2D eigenvalue weighted by Crippen LogP contribution is -2.25. The second kappa shape index (κ2) is 5.84. The number of nitrogens with zero attached hydrogens (tertiary/aromatic N) is 3. The number of amides is 1. The van der Waals surface area contributed by atoms with E-state index in [1.54, 1.807) is 5.38 Å². The van der Waals surface area contributed by atoms with Gasteiger partial charge < -0.3 is 5.32 Å². The summed E-state index contributed by atoms with van der Waals surface area (Å²) in [5, 5.41) is 7.75. The molecule has 0 aliphatic carbocycles. The number of halogens is 1. The highest BCUT2D eigenvalue weighted by atomic mass is 127. The van der Waals surface area contributed by atoms with Crippen LogP contribution in [-0.2, 0) is 0 Å². The molecule has 0 unspecified atom stereocenters. The van der Waals surface area contributed by atoms with Crippen molar-refractivity contribution in [3.8, 4) is 0 Å². The number of azide groups is 1. The lowest BCUT2D eigenvalue weighted by atomic mass is 10.3. The van der Waals surface area contributed by atoms with E-state index >= 15 is 0 Å². The van der Waals surface area contributed by atoms with Gasteiger partial charge in [-0.25, -0.2) is 0 Å². The Balaban J connectivity index is 2.39. The van der Waals surface area contributed by atoms with Gasteiger partial charge in [0.15, 0.2) is 0 Å². The lowest BCUT2D eigenvalue weighted by molar-refractivity contribution is 0.0955. The zero-order chi connectivity index (χ0) is 10.4. The van der Waals surface area contributed by atoms with Crippen molar-refractivity contribution in [1.82, 2.24) is 5.32 Å². The minimum atomic E-state index is -0.127. The van der Waals surface area contributed by atoms with Crippen molar-refractivity contribution < 1.29 is 4.79 Å². The minimum Gasteiger partial charge on any atom is -0.352 e. The molecule has 1 rings (SSSR count). The summed E-state index contributed by atoms with van der Waals surface area (Å²) in [5.74, 6) is -0.127. The molecule has 0 aliphatic heterocycles. The van der Waals surface area contributed by atoms with Crippen molar-refractivity contribution in [2.45, 2.75) is 0 Å². The van der Waals surface area contributed by atoms with Crippen molar-refractivity contribution in [2.75, 3.05) is 13.1 Å². The van der Waals surface area contributed by atoms with Crippen molar-refractivity contribution >= 4 is 39.8 Å². The third kappa shape index (κ3) is 3.52. The van der Waals surface area contributed by atoms with E-state index < -0.39 is 0 Å². The van der Waals surface area contributed by atoms with Crippen LogP contribution in [0.5, 0.6) is 0 Å². The second-order valence-corrected chi connectivity index (χ2v) is 5.16. The first-order chi connectivity index (χ1) is 6.74. The Labute approximate surface area is 98.3 Å². The van der Waals surface area contributed by atoms with Gasteiger partial charge in [-0.05, 0) is 34.2 Å². The van der Waals surface area contributed by atoms with Crippen LogP contribution in [-0.4, -0.2) is 19.0 Å². The van der Waals surface area contributed by atoms with Gasteiger partial charge in [0.05, 0.1) is 8.45 Å². The first-order valence-electron chi connectivity index (χ1n) is 3.77. The van der Waals surface area contributed by atoms with Crippen LogP contribution < -0.4 is 5.32 Å². The summed E-state index contributed by atoms with van der Waals surface area (Å²) in [6.45, 7) is 0.652. The Morgan fingerprint density at radius 2 is 2.57 bits per heavy atom. The molecule has 1 N–H and O–H groups in total. The summed E-state index contributed by atoms with van der Waals surface area (Å²) in [6, 6.07) is 1.81. The van der Waals surface area contributed by atoms with E-state index in [4.69, 9.17) is 5.53 Å². The molecule has 0 radical (unpaired) electrons. The van der Waals surface area contributed by atoms with E-state index in [-0.39, 0.29) is 12.5 Å². The molecule has 0 aliphatic rings. The van der Waals surface area contributed by atoms with E-state index in [9.17, 15) is 4.79 Å². The van der Waals surface area contributed by atoms with Crippen molar-refractivity contribution in [1.29, 1.82) is 0 Å². The van der Waals surface area contributed by atoms with E-state index in [0.29, 0.717) is 12.1 Å². The molecule has 1 heterocycles. The van der Waals surface area contributed by atoms with Crippen LogP contribution in [0.15, 0.2) is 16.6 Å². The molecule has 1 aromatic heterocycles. The monoisotopic (exact) mass is 322 g/mol. The Bertz CT molecular complexity index is 372. The molecule has 1 aromatic rings. The zero-order valence-corrected chi connectivity index (χ0v) is 10.1. The summed E-state index contributed by atoms with van der Waals surface area (Å²) in [6.07, 6.45) is 0. The Hall–Kier alpha value is -0.790. The maximum absolute atomic E-state index is 11.4. The molecule has 14 heavy (non-hydrogen) atoms. The van der Waals surface area contributed by atoms with Crippen molar-refractivity contribution in [3.63, 3.8) is 0 Å². The molecular weight excluding hydrogens is 315 g/mol. The molecule has 0 spiro atoms. The average Bonchev–Trinajstić information content (AvgIpc) is 2.59. The van der Waals surface area contributed by atoms with E-state index in [1.165, 1.54) is 11.3 Å². The van der Waals surface area contributed by atoms with Gasteiger partial charge >= 0.3 is 0 Å². The fourth-order valence-electron chi connectivity index (χ4n) is 0.795. The number of hydrogen-bond donors (Lipinski definition) is 1.